The van der Waals surface area contributed by atoms with E-state index in [1.807, 2.05) is 0 Å². The van der Waals surface area contributed by atoms with E-state index in [-0.39, 0.29) is 18.5 Å². The third-order valence-corrected chi connectivity index (χ3v) is 3.09. The number of nitrogens with zero attached hydrogens (tertiary/aromatic N) is 1. The lowest BCUT2D eigenvalue weighted by molar-refractivity contribution is -0.142. The van der Waals surface area contributed by atoms with E-state index in [0.29, 0.717) is 5.01 Å². The predicted molar refractivity (Wildman–Crippen MR) is 67.0 cm³/mol. The van der Waals surface area contributed by atoms with Gasteiger partial charge >= 0.3 is 11.9 Å². The molecule has 0 fully saturated rings. The van der Waals surface area contributed by atoms with Crippen molar-refractivity contribution in [2.75, 3.05) is 7.11 Å². The zero-order valence-corrected chi connectivity index (χ0v) is 11.3. The fourth-order valence-corrected chi connectivity index (χ4v) is 1.91. The summed E-state index contributed by atoms with van der Waals surface area (Å²) in [5, 5.41) is 13.6. The van der Waals surface area contributed by atoms with Crippen molar-refractivity contribution in [1.82, 2.24) is 10.3 Å². The van der Waals surface area contributed by atoms with E-state index in [1.54, 1.807) is 12.3 Å². The van der Waals surface area contributed by atoms with Crippen molar-refractivity contribution in [1.29, 1.82) is 0 Å². The Morgan fingerprint density at radius 1 is 1.53 bits per heavy atom. The number of rotatable bonds is 6. The molecular weight excluding hydrogens is 272 g/mol. The van der Waals surface area contributed by atoms with Gasteiger partial charge in [-0.3, -0.25) is 9.59 Å². The maximum Gasteiger partial charge on any atom is 0.326 e. The molecule has 0 saturated carbocycles. The molecule has 19 heavy (non-hydrogen) atoms. The van der Waals surface area contributed by atoms with E-state index < -0.39 is 23.9 Å². The molecule has 7 nitrogen and oxygen atoms in total. The molecule has 0 bridgehead atoms. The number of carbonyl (C=O) groups excluding carboxylic acids is 2. The Morgan fingerprint density at radius 3 is 2.68 bits per heavy atom. The fourth-order valence-electron chi connectivity index (χ4n) is 1.32. The smallest absolute Gasteiger partial charge is 0.326 e. The number of carboxylic acid groups (broad SMARTS) is 1. The molecule has 0 aromatic carbocycles. The zero-order valence-electron chi connectivity index (χ0n) is 10.5. The summed E-state index contributed by atoms with van der Waals surface area (Å²) in [5.41, 5.74) is 0.173. The highest BCUT2D eigenvalue weighted by Gasteiger charge is 2.22. The molecule has 104 valence electrons. The molecular formula is C11H14N2O5S. The highest BCUT2D eigenvalue weighted by atomic mass is 32.1. The van der Waals surface area contributed by atoms with E-state index in [2.05, 4.69) is 15.0 Å². The number of esters is 1. The Morgan fingerprint density at radius 2 is 2.21 bits per heavy atom. The van der Waals surface area contributed by atoms with Gasteiger partial charge in [0.25, 0.3) is 5.91 Å². The molecule has 1 unspecified atom stereocenters. The van der Waals surface area contributed by atoms with Crippen molar-refractivity contribution in [2.45, 2.75) is 25.8 Å². The van der Waals surface area contributed by atoms with Crippen LogP contribution in [0.5, 0.6) is 0 Å². The maximum atomic E-state index is 11.7. The van der Waals surface area contributed by atoms with Crippen molar-refractivity contribution < 1.29 is 24.2 Å². The number of ether oxygens (including phenoxy) is 1. The van der Waals surface area contributed by atoms with E-state index in [0.717, 1.165) is 0 Å². The van der Waals surface area contributed by atoms with Crippen LogP contribution in [0.2, 0.25) is 0 Å². The summed E-state index contributed by atoms with van der Waals surface area (Å²) in [6.07, 6.45) is -0.110. The molecule has 1 aromatic heterocycles. The molecule has 1 aromatic rings. The van der Waals surface area contributed by atoms with Gasteiger partial charge in [-0.15, -0.1) is 11.3 Å². The molecule has 0 aliphatic carbocycles. The second kappa shape index (κ2) is 6.83. The molecule has 1 amide bonds. The van der Waals surface area contributed by atoms with Crippen molar-refractivity contribution >= 4 is 29.2 Å². The van der Waals surface area contributed by atoms with Gasteiger partial charge in [0.05, 0.1) is 12.1 Å². The zero-order chi connectivity index (χ0) is 14.4. The minimum Gasteiger partial charge on any atom is -0.480 e. The van der Waals surface area contributed by atoms with Crippen molar-refractivity contribution in [3.05, 3.63) is 16.1 Å². The summed E-state index contributed by atoms with van der Waals surface area (Å²) >= 11 is 1.30. The summed E-state index contributed by atoms with van der Waals surface area (Å²) < 4.78 is 4.42. The Kier molecular flexibility index (Phi) is 5.43. The largest absolute Gasteiger partial charge is 0.480 e. The van der Waals surface area contributed by atoms with Crippen molar-refractivity contribution in [3.8, 4) is 0 Å². The Bertz CT molecular complexity index is 485. The average molecular weight is 286 g/mol. The molecule has 0 saturated heterocycles. The number of methoxy groups -OCH3 is 1. The van der Waals surface area contributed by atoms with Gasteiger partial charge in [0, 0.05) is 11.8 Å². The van der Waals surface area contributed by atoms with Crippen LogP contribution in [0.15, 0.2) is 5.38 Å². The first-order valence-electron chi connectivity index (χ1n) is 5.46. The highest BCUT2D eigenvalue weighted by Crippen LogP contribution is 2.08. The third kappa shape index (κ3) is 4.66. The highest BCUT2D eigenvalue weighted by molar-refractivity contribution is 7.09. The van der Waals surface area contributed by atoms with Gasteiger partial charge in [-0.25, -0.2) is 9.78 Å². The predicted octanol–water partition coefficient (Wildman–Crippen LogP) is 0.588. The van der Waals surface area contributed by atoms with Crippen LogP contribution in [0.1, 0.15) is 28.3 Å². The van der Waals surface area contributed by atoms with Gasteiger partial charge in [0.15, 0.2) is 0 Å². The van der Waals surface area contributed by atoms with Crippen molar-refractivity contribution in [3.63, 3.8) is 0 Å². The number of hydrogen-bond donors (Lipinski definition) is 2. The number of thiazole rings is 1. The first kappa shape index (κ1) is 15.1. The van der Waals surface area contributed by atoms with Crippen LogP contribution < -0.4 is 5.32 Å². The molecule has 0 aliphatic heterocycles. The second-order valence-electron chi connectivity index (χ2n) is 3.73. The first-order valence-corrected chi connectivity index (χ1v) is 6.34. The summed E-state index contributed by atoms with van der Waals surface area (Å²) in [7, 11) is 1.22. The van der Waals surface area contributed by atoms with Crippen LogP contribution in [0.25, 0.3) is 0 Å². The van der Waals surface area contributed by atoms with Crippen LogP contribution >= 0.6 is 11.3 Å². The molecule has 0 radical (unpaired) electrons. The van der Waals surface area contributed by atoms with E-state index in [9.17, 15) is 14.4 Å². The van der Waals surface area contributed by atoms with E-state index in [1.165, 1.54) is 18.4 Å². The molecule has 1 rings (SSSR count). The quantitative estimate of drug-likeness (QED) is 0.741. The average Bonchev–Trinajstić information content (AvgIpc) is 2.80. The normalized spacial score (nSPS) is 11.7. The number of aliphatic carboxylic acids is 1. The topological polar surface area (TPSA) is 106 Å². The van der Waals surface area contributed by atoms with Crippen LogP contribution in [-0.2, 0) is 14.3 Å². The maximum absolute atomic E-state index is 11.7. The lowest BCUT2D eigenvalue weighted by atomic mass is 10.1. The number of carboxylic acids is 1. The fraction of sp³-hybridized carbons (Fsp3) is 0.455. The van der Waals surface area contributed by atoms with Crippen LogP contribution in [-0.4, -0.2) is 41.1 Å². The standard InChI is InChI=1S/C11H14N2O5S/c1-6-12-8(5-19-6)10(15)13-7(11(16)17)3-4-9(14)18-2/h5,7H,3-4H2,1-2H3,(H,13,15)(H,16,17). The van der Waals surface area contributed by atoms with Crippen LogP contribution in [0.4, 0.5) is 0 Å². The summed E-state index contributed by atoms with van der Waals surface area (Å²) in [6, 6.07) is -1.14. The number of hydrogen-bond acceptors (Lipinski definition) is 6. The minimum atomic E-state index is -1.20. The van der Waals surface area contributed by atoms with E-state index >= 15 is 0 Å². The van der Waals surface area contributed by atoms with Crippen molar-refractivity contribution in [2.24, 2.45) is 0 Å². The Balaban J connectivity index is 2.61. The number of aromatic nitrogens is 1. The lowest BCUT2D eigenvalue weighted by Gasteiger charge is -2.12. The second-order valence-corrected chi connectivity index (χ2v) is 4.79. The van der Waals surface area contributed by atoms with Gasteiger partial charge in [-0.1, -0.05) is 0 Å². The van der Waals surface area contributed by atoms with Crippen LogP contribution in [0, 0.1) is 6.92 Å². The van der Waals surface area contributed by atoms with Gasteiger partial charge in [0.2, 0.25) is 0 Å². The molecule has 1 atom stereocenters. The first-order chi connectivity index (χ1) is 8.93. The summed E-state index contributed by atoms with van der Waals surface area (Å²) in [4.78, 5) is 37.6. The summed E-state index contributed by atoms with van der Waals surface area (Å²) in [5.74, 6) is -2.30. The lowest BCUT2D eigenvalue weighted by Crippen LogP contribution is -2.41. The Hall–Kier alpha value is -1.96. The SMILES string of the molecule is COC(=O)CCC(NC(=O)c1csc(C)n1)C(=O)O. The van der Waals surface area contributed by atoms with Gasteiger partial charge in [-0.05, 0) is 13.3 Å². The van der Waals surface area contributed by atoms with Gasteiger partial charge < -0.3 is 15.2 Å². The minimum absolute atomic E-state index is 0.0309. The number of carbonyl (C=O) groups is 3. The molecule has 1 heterocycles. The van der Waals surface area contributed by atoms with Gasteiger partial charge in [0.1, 0.15) is 11.7 Å². The third-order valence-electron chi connectivity index (χ3n) is 2.32. The number of amides is 1. The molecule has 0 aliphatic rings. The Labute approximate surface area is 113 Å². The molecule has 8 heteroatoms. The number of nitrogens with one attached hydrogen (secondary N) is 1. The van der Waals surface area contributed by atoms with Crippen LogP contribution in [0.3, 0.4) is 0 Å². The molecule has 0 spiro atoms. The summed E-state index contributed by atoms with van der Waals surface area (Å²) in [6.45, 7) is 1.74. The monoisotopic (exact) mass is 286 g/mol. The molecule has 2 N–H and O–H groups in total. The van der Waals surface area contributed by atoms with E-state index in [4.69, 9.17) is 5.11 Å². The number of aryl methyl sites for hydroxylation is 1. The van der Waals surface area contributed by atoms with Gasteiger partial charge in [-0.2, -0.15) is 0 Å².